The summed E-state index contributed by atoms with van der Waals surface area (Å²) < 4.78 is 18.5. The Morgan fingerprint density at radius 3 is 2.12 bits per heavy atom. The average molecular weight is 383 g/mol. The lowest BCUT2D eigenvalue weighted by atomic mass is 9.79. The Morgan fingerprint density at radius 1 is 0.760 bits per heavy atom. The van der Waals surface area contributed by atoms with Crippen molar-refractivity contribution in [3.05, 3.63) is 0 Å². The van der Waals surface area contributed by atoms with Crippen molar-refractivity contribution in [3.63, 3.8) is 0 Å². The van der Waals surface area contributed by atoms with Gasteiger partial charge in [-0.15, -0.1) is 0 Å². The van der Waals surface area contributed by atoms with E-state index in [0.717, 1.165) is 11.8 Å². The van der Waals surface area contributed by atoms with Crippen LogP contribution in [0.5, 0.6) is 0 Å². The molecule has 3 heterocycles. The lowest BCUT2D eigenvalue weighted by Gasteiger charge is -2.47. The summed E-state index contributed by atoms with van der Waals surface area (Å²) in [5.41, 5.74) is 0. The van der Waals surface area contributed by atoms with Crippen LogP contribution in [0.4, 0.5) is 0 Å². The number of fused-ring (bicyclic) bond motifs is 3. The van der Waals surface area contributed by atoms with E-state index in [1.165, 1.54) is 63.5 Å². The molecule has 0 aromatic carbocycles. The van der Waals surface area contributed by atoms with Gasteiger partial charge in [-0.1, -0.05) is 6.42 Å². The minimum Gasteiger partial charge on any atom is -0.455 e. The molecular weight excluding hydrogens is 344 g/mol. The molecule has 0 aromatic rings. The Morgan fingerprint density at radius 2 is 1.48 bits per heavy atom. The first-order valence-corrected chi connectivity index (χ1v) is 17.0. The number of hydrogen-bond donors (Lipinski definition) is 0. The maximum Gasteiger partial charge on any atom is 0.173 e. The molecule has 0 amide bonds. The van der Waals surface area contributed by atoms with Crippen molar-refractivity contribution < 1.29 is 13.6 Å². The highest BCUT2D eigenvalue weighted by Crippen LogP contribution is 2.43. The lowest BCUT2D eigenvalue weighted by Crippen LogP contribution is -2.49. The normalized spacial score (nSPS) is 40.3. The van der Waals surface area contributed by atoms with Crippen molar-refractivity contribution in [3.8, 4) is 0 Å². The Kier molecular flexibility index (Phi) is 5.26. The molecule has 6 atom stereocenters. The topological polar surface area (TPSA) is 31.0 Å². The van der Waals surface area contributed by atoms with E-state index in [4.69, 9.17) is 13.6 Å². The summed E-state index contributed by atoms with van der Waals surface area (Å²) in [5.74, 6) is 1.72. The molecule has 5 rings (SSSR count). The van der Waals surface area contributed by atoms with Gasteiger partial charge in [-0.3, -0.25) is 0 Å². The van der Waals surface area contributed by atoms with Gasteiger partial charge < -0.3 is 13.6 Å². The van der Waals surface area contributed by atoms with Crippen molar-refractivity contribution in [1.29, 1.82) is 0 Å². The summed E-state index contributed by atoms with van der Waals surface area (Å²) in [6.07, 6.45) is 13.2. The standard InChI is InChI=1S/C20H38O3Si2/c1-24(2,11-9-15-5-8-18-20(13-15)22-18)23-25(3,4)12-10-16-6-7-17-14-19(16)21-17/h15-20H,5-14H2,1-4H3. The highest BCUT2D eigenvalue weighted by molar-refractivity contribution is 6.84. The number of hydrogen-bond acceptors (Lipinski definition) is 3. The average Bonchev–Trinajstić information content (AvgIpc) is 3.28. The first kappa shape index (κ1) is 18.7. The summed E-state index contributed by atoms with van der Waals surface area (Å²) in [5, 5.41) is 0. The van der Waals surface area contributed by atoms with E-state index >= 15 is 0 Å². The number of epoxide rings is 1. The lowest BCUT2D eigenvalue weighted by molar-refractivity contribution is -0.185. The van der Waals surface area contributed by atoms with Crippen LogP contribution in [0.1, 0.15) is 51.4 Å². The molecule has 144 valence electrons. The van der Waals surface area contributed by atoms with Gasteiger partial charge in [0.05, 0.1) is 24.4 Å². The molecule has 0 N–H and O–H groups in total. The molecule has 2 bridgehead atoms. The van der Waals surface area contributed by atoms with Crippen molar-refractivity contribution in [2.75, 3.05) is 0 Å². The van der Waals surface area contributed by atoms with Crippen molar-refractivity contribution >= 4 is 16.6 Å². The van der Waals surface area contributed by atoms with Gasteiger partial charge in [0.1, 0.15) is 0 Å². The maximum absolute atomic E-state index is 6.90. The van der Waals surface area contributed by atoms with Crippen LogP contribution in [-0.4, -0.2) is 41.1 Å². The van der Waals surface area contributed by atoms with E-state index in [1.807, 2.05) is 0 Å². The molecule has 25 heavy (non-hydrogen) atoms. The van der Waals surface area contributed by atoms with Gasteiger partial charge in [-0.05, 0) is 88.6 Å². The summed E-state index contributed by atoms with van der Waals surface area (Å²) in [4.78, 5) is 0. The third-order valence-electron chi connectivity index (χ3n) is 7.18. The second-order valence-corrected chi connectivity index (χ2v) is 19.3. The van der Waals surface area contributed by atoms with Gasteiger partial charge in [-0.25, -0.2) is 0 Å². The highest BCUT2D eigenvalue weighted by atomic mass is 28.4. The smallest absolute Gasteiger partial charge is 0.173 e. The Hall–Kier alpha value is 0.314. The van der Waals surface area contributed by atoms with E-state index in [2.05, 4.69) is 26.2 Å². The Bertz CT molecular complexity index is 473. The molecular formula is C20H38O3Si2. The third kappa shape index (κ3) is 4.78. The summed E-state index contributed by atoms with van der Waals surface area (Å²) in [7, 11) is -3.08. The molecule has 5 heteroatoms. The predicted molar refractivity (Wildman–Crippen MR) is 107 cm³/mol. The van der Waals surface area contributed by atoms with E-state index < -0.39 is 16.6 Å². The molecule has 3 saturated heterocycles. The largest absolute Gasteiger partial charge is 0.455 e. The van der Waals surface area contributed by atoms with Crippen LogP contribution in [-0.2, 0) is 13.6 Å². The molecule has 2 saturated carbocycles. The monoisotopic (exact) mass is 382 g/mol. The fourth-order valence-corrected chi connectivity index (χ4v) is 14.6. The van der Waals surface area contributed by atoms with E-state index in [-0.39, 0.29) is 0 Å². The van der Waals surface area contributed by atoms with Crippen molar-refractivity contribution in [1.82, 2.24) is 0 Å². The quantitative estimate of drug-likeness (QED) is 0.420. The zero-order chi connectivity index (χ0) is 17.7. The maximum atomic E-state index is 6.90. The first-order chi connectivity index (χ1) is 11.8. The van der Waals surface area contributed by atoms with Crippen LogP contribution < -0.4 is 0 Å². The Labute approximate surface area is 156 Å². The molecule has 2 aliphatic carbocycles. The Balaban J connectivity index is 1.19. The minimum atomic E-state index is -1.55. The molecule has 5 fully saturated rings. The van der Waals surface area contributed by atoms with Gasteiger partial charge in [0.15, 0.2) is 16.6 Å². The van der Waals surface area contributed by atoms with Crippen LogP contribution >= 0.6 is 0 Å². The third-order valence-corrected chi connectivity index (χ3v) is 14.6. The van der Waals surface area contributed by atoms with Crippen molar-refractivity contribution in [2.24, 2.45) is 11.8 Å². The zero-order valence-corrected chi connectivity index (χ0v) is 18.8. The fourth-order valence-electron chi connectivity index (χ4n) is 5.58. The molecule has 0 spiro atoms. The molecule has 3 aliphatic heterocycles. The first-order valence-electron chi connectivity index (χ1n) is 10.8. The van der Waals surface area contributed by atoms with E-state index in [0.29, 0.717) is 24.4 Å². The highest BCUT2D eigenvalue weighted by Gasteiger charge is 2.45. The molecule has 5 aliphatic rings. The summed E-state index contributed by atoms with van der Waals surface area (Å²) >= 11 is 0. The zero-order valence-electron chi connectivity index (χ0n) is 16.8. The van der Waals surface area contributed by atoms with E-state index in [9.17, 15) is 0 Å². The van der Waals surface area contributed by atoms with Gasteiger partial charge in [0, 0.05) is 6.42 Å². The van der Waals surface area contributed by atoms with Crippen LogP contribution in [0.25, 0.3) is 0 Å². The van der Waals surface area contributed by atoms with Crippen LogP contribution in [0.15, 0.2) is 0 Å². The molecule has 0 aromatic heterocycles. The van der Waals surface area contributed by atoms with Gasteiger partial charge in [0.25, 0.3) is 0 Å². The van der Waals surface area contributed by atoms with Gasteiger partial charge in [-0.2, -0.15) is 0 Å². The van der Waals surface area contributed by atoms with E-state index in [1.54, 1.807) is 0 Å². The minimum absolute atomic E-state index is 0.591. The molecule has 3 nitrogen and oxygen atoms in total. The summed E-state index contributed by atoms with van der Waals surface area (Å²) in [6.45, 7) is 9.83. The van der Waals surface area contributed by atoms with Crippen LogP contribution in [0.2, 0.25) is 38.3 Å². The number of rotatable bonds is 8. The van der Waals surface area contributed by atoms with Crippen LogP contribution in [0.3, 0.4) is 0 Å². The number of ether oxygens (including phenoxy) is 2. The molecule has 0 radical (unpaired) electrons. The fraction of sp³-hybridized carbons (Fsp3) is 1.00. The van der Waals surface area contributed by atoms with Crippen LogP contribution in [0, 0.1) is 11.8 Å². The second kappa shape index (κ2) is 7.04. The SMILES string of the molecule is C[Si](C)(CCC1CCC2OC2C1)O[Si](C)(C)CCC1CCC2CC1O2. The van der Waals surface area contributed by atoms with Crippen molar-refractivity contribution in [2.45, 2.75) is 114 Å². The van der Waals surface area contributed by atoms with Gasteiger partial charge in [0.2, 0.25) is 0 Å². The van der Waals surface area contributed by atoms with Gasteiger partial charge >= 0.3 is 0 Å². The second-order valence-electron chi connectivity index (χ2n) is 10.5. The summed E-state index contributed by atoms with van der Waals surface area (Å²) in [6, 6.07) is 2.65. The molecule has 6 unspecified atom stereocenters. The predicted octanol–water partition coefficient (Wildman–Crippen LogP) is 5.33.